The Morgan fingerprint density at radius 2 is 1.22 bits per heavy atom. The number of alkyl halides is 15. The third-order valence-electron chi connectivity index (χ3n) is 6.38. The quantitative estimate of drug-likeness (QED) is 0.0938. The van der Waals surface area contributed by atoms with Crippen molar-refractivity contribution in [2.45, 2.75) is 94.3 Å². The number of aromatic nitrogens is 2. The monoisotopic (exact) mass is 742 g/mol. The van der Waals surface area contributed by atoms with Crippen molar-refractivity contribution in [1.82, 2.24) is 9.97 Å². The van der Waals surface area contributed by atoms with E-state index in [4.69, 9.17) is 4.74 Å². The summed E-state index contributed by atoms with van der Waals surface area (Å²) in [6, 6.07) is 6.66. The molecular formula is C28H29F15N2O4. The number of hydrogen-bond donors (Lipinski definition) is 0. The third-order valence-corrected chi connectivity index (χ3v) is 6.38. The minimum absolute atomic E-state index is 0.218. The summed E-state index contributed by atoms with van der Waals surface area (Å²) in [5, 5.41) is 0. The number of aryl methyl sites for hydroxylation is 1. The van der Waals surface area contributed by atoms with Crippen LogP contribution in [0.5, 0.6) is 5.75 Å². The van der Waals surface area contributed by atoms with Gasteiger partial charge < -0.3 is 9.47 Å². The molecule has 0 radical (unpaired) electrons. The van der Waals surface area contributed by atoms with Gasteiger partial charge in [-0.3, -0.25) is 0 Å². The molecule has 0 saturated carbocycles. The van der Waals surface area contributed by atoms with Gasteiger partial charge in [-0.25, -0.2) is 19.4 Å². The Morgan fingerprint density at radius 3 is 1.82 bits per heavy atom. The maximum absolute atomic E-state index is 13.8. The first-order valence-electron chi connectivity index (χ1n) is 14.3. The van der Waals surface area contributed by atoms with Gasteiger partial charge in [0.15, 0.2) is 5.82 Å². The molecule has 0 aliphatic rings. The molecule has 2 rings (SSSR count). The van der Waals surface area contributed by atoms with E-state index in [0.717, 1.165) is 37.7 Å². The van der Waals surface area contributed by atoms with Crippen molar-refractivity contribution in [1.29, 1.82) is 0 Å². The van der Waals surface area contributed by atoms with Crippen LogP contribution in [0.4, 0.5) is 65.9 Å². The lowest BCUT2D eigenvalue weighted by atomic mass is 10.0. The van der Waals surface area contributed by atoms with Crippen molar-refractivity contribution >= 4 is 0 Å². The molecule has 1 aromatic carbocycles. The largest absolute Gasteiger partial charge is 0.493 e. The molecule has 2 aromatic rings. The first-order valence-corrected chi connectivity index (χ1v) is 14.3. The molecule has 49 heavy (non-hydrogen) atoms. The molecule has 0 spiro atoms. The Bertz CT molecular complexity index is 1310. The van der Waals surface area contributed by atoms with Crippen molar-refractivity contribution in [3.8, 4) is 17.1 Å². The van der Waals surface area contributed by atoms with Gasteiger partial charge in [-0.15, -0.1) is 0 Å². The van der Waals surface area contributed by atoms with E-state index >= 15 is 0 Å². The molecule has 0 aliphatic heterocycles. The molecule has 0 fully saturated rings. The predicted octanol–water partition coefficient (Wildman–Crippen LogP) is 9.68. The maximum atomic E-state index is 13.8. The van der Waals surface area contributed by atoms with E-state index in [1.807, 2.05) is 0 Å². The molecule has 0 N–H and O–H groups in total. The number of nitrogens with zero attached hydrogens (tertiary/aromatic N) is 2. The van der Waals surface area contributed by atoms with Crippen LogP contribution in [0, 0.1) is 0 Å². The van der Waals surface area contributed by atoms with Crippen molar-refractivity contribution in [2.24, 2.45) is 0 Å². The van der Waals surface area contributed by atoms with E-state index in [1.54, 1.807) is 29.0 Å². The molecular weight excluding hydrogens is 713 g/mol. The van der Waals surface area contributed by atoms with E-state index in [2.05, 4.69) is 26.4 Å². The highest BCUT2D eigenvalue weighted by atomic mass is 19.4. The van der Waals surface area contributed by atoms with Crippen LogP contribution >= 0.6 is 0 Å². The highest BCUT2D eigenvalue weighted by molar-refractivity contribution is 5.58. The lowest BCUT2D eigenvalue weighted by Gasteiger charge is -2.36. The lowest BCUT2D eigenvalue weighted by molar-refractivity contribution is -0.543. The number of ether oxygens (including phenoxy) is 4. The molecule has 0 bridgehead atoms. The molecule has 0 aliphatic carbocycles. The Kier molecular flexibility index (Phi) is 14.0. The summed E-state index contributed by atoms with van der Waals surface area (Å²) in [4.78, 5) is 8.34. The number of benzene rings is 1. The first kappa shape index (κ1) is 42.1. The van der Waals surface area contributed by atoms with Crippen molar-refractivity contribution in [2.75, 3.05) is 19.8 Å². The minimum atomic E-state index is -7.92. The van der Waals surface area contributed by atoms with Gasteiger partial charge in [-0.05, 0) is 42.7 Å². The molecule has 1 heterocycles. The normalized spacial score (nSPS) is 14.0. The van der Waals surface area contributed by atoms with Gasteiger partial charge >= 0.3 is 42.5 Å². The van der Waals surface area contributed by atoms with Crippen LogP contribution in [0.2, 0.25) is 0 Å². The van der Waals surface area contributed by atoms with E-state index in [-0.39, 0.29) is 13.0 Å². The van der Waals surface area contributed by atoms with Gasteiger partial charge in [0.1, 0.15) is 12.4 Å². The standard InChI is InChI=1S/C28H29F15N2O4/c1-2-3-4-5-6-9-18-16-19(21-44-12-7-13-45-21)10-11-20(18)47-15-8-14-46-17-22(29,30)48-27(40,41)28(42,43)49-26(38,39)24(33,34)23(31,32)25(35,36)37/h7,10-13,16H,2-6,8-9,14-15,17H2,1H3. The van der Waals surface area contributed by atoms with Crippen molar-refractivity contribution < 1.29 is 84.8 Å². The summed E-state index contributed by atoms with van der Waals surface area (Å²) in [7, 11) is 0. The van der Waals surface area contributed by atoms with Crippen LogP contribution in [-0.4, -0.2) is 72.2 Å². The fraction of sp³-hybridized carbons (Fsp3) is 0.643. The van der Waals surface area contributed by atoms with Crippen LogP contribution in [-0.2, 0) is 20.6 Å². The molecule has 1 aromatic heterocycles. The fourth-order valence-corrected chi connectivity index (χ4v) is 3.88. The zero-order valence-corrected chi connectivity index (χ0v) is 25.2. The summed E-state index contributed by atoms with van der Waals surface area (Å²) in [5.41, 5.74) is 1.42. The van der Waals surface area contributed by atoms with Gasteiger partial charge in [0.25, 0.3) is 0 Å². The Hall–Kier alpha value is -3.07. The molecule has 0 amide bonds. The fourth-order valence-electron chi connectivity index (χ4n) is 3.88. The second-order valence-corrected chi connectivity index (χ2v) is 10.4. The molecule has 280 valence electrons. The van der Waals surface area contributed by atoms with Crippen LogP contribution in [0.25, 0.3) is 11.4 Å². The average molecular weight is 743 g/mol. The summed E-state index contributed by atoms with van der Waals surface area (Å²) in [5.74, 6) is -14.9. The van der Waals surface area contributed by atoms with Gasteiger partial charge in [-0.1, -0.05) is 32.6 Å². The molecule has 6 nitrogen and oxygen atoms in total. The highest BCUT2D eigenvalue weighted by Gasteiger charge is 2.85. The smallest absolute Gasteiger partial charge is 0.460 e. The van der Waals surface area contributed by atoms with Gasteiger partial charge in [-0.2, -0.15) is 65.9 Å². The third kappa shape index (κ3) is 11.0. The molecule has 0 saturated heterocycles. The zero-order valence-electron chi connectivity index (χ0n) is 25.2. The van der Waals surface area contributed by atoms with Crippen molar-refractivity contribution in [3.63, 3.8) is 0 Å². The van der Waals surface area contributed by atoms with E-state index < -0.39 is 55.7 Å². The van der Waals surface area contributed by atoms with Crippen LogP contribution in [0.1, 0.15) is 51.0 Å². The Balaban J connectivity index is 1.96. The number of halogens is 15. The topological polar surface area (TPSA) is 62.7 Å². The predicted molar refractivity (Wildman–Crippen MR) is 139 cm³/mol. The lowest BCUT2D eigenvalue weighted by Crippen LogP contribution is -2.64. The summed E-state index contributed by atoms with van der Waals surface area (Å²) in [6.07, 6.45) is -26.8. The highest BCUT2D eigenvalue weighted by Crippen LogP contribution is 2.56. The number of unbranched alkanes of at least 4 members (excludes halogenated alkanes) is 4. The van der Waals surface area contributed by atoms with E-state index in [1.165, 1.54) is 12.4 Å². The second-order valence-electron chi connectivity index (χ2n) is 10.4. The van der Waals surface area contributed by atoms with Crippen LogP contribution in [0.3, 0.4) is 0 Å². The Morgan fingerprint density at radius 1 is 0.633 bits per heavy atom. The van der Waals surface area contributed by atoms with Gasteiger partial charge in [0, 0.05) is 24.4 Å². The Labute approximate surface area is 268 Å². The minimum Gasteiger partial charge on any atom is -0.493 e. The first-order chi connectivity index (χ1) is 22.4. The summed E-state index contributed by atoms with van der Waals surface area (Å²) < 4.78 is 211. The molecule has 0 atom stereocenters. The second kappa shape index (κ2) is 16.3. The maximum Gasteiger partial charge on any atom is 0.460 e. The van der Waals surface area contributed by atoms with Gasteiger partial charge in [0.05, 0.1) is 13.2 Å². The van der Waals surface area contributed by atoms with Crippen LogP contribution < -0.4 is 4.74 Å². The number of hydrogen-bond acceptors (Lipinski definition) is 6. The van der Waals surface area contributed by atoms with Crippen molar-refractivity contribution in [3.05, 3.63) is 42.2 Å². The average Bonchev–Trinajstić information content (AvgIpc) is 2.97. The van der Waals surface area contributed by atoms with Gasteiger partial charge in [0.2, 0.25) is 0 Å². The SMILES string of the molecule is CCCCCCCc1cc(-c2ncccn2)ccc1OCCCOCC(F)(F)OC(F)(F)C(F)(F)OC(F)(F)C(F)(F)C(F)(F)C(F)(F)F. The van der Waals surface area contributed by atoms with Crippen LogP contribution in [0.15, 0.2) is 36.7 Å². The summed E-state index contributed by atoms with van der Waals surface area (Å²) in [6.45, 7) is -1.17. The summed E-state index contributed by atoms with van der Waals surface area (Å²) >= 11 is 0. The molecule has 21 heteroatoms. The van der Waals surface area contributed by atoms with E-state index in [9.17, 15) is 65.9 Å². The number of rotatable bonds is 21. The molecule has 0 unspecified atom stereocenters. The van der Waals surface area contributed by atoms with E-state index in [0.29, 0.717) is 23.6 Å². The zero-order chi connectivity index (χ0) is 37.4.